The Kier molecular flexibility index (Phi) is 7.13. The van der Waals surface area contributed by atoms with Crippen LogP contribution in [0.25, 0.3) is 6.08 Å². The van der Waals surface area contributed by atoms with Crippen molar-refractivity contribution in [3.05, 3.63) is 87.0 Å². The van der Waals surface area contributed by atoms with Gasteiger partial charge >= 0.3 is 5.97 Å². The molecule has 0 fully saturated rings. The van der Waals surface area contributed by atoms with E-state index < -0.39 is 11.9 Å². The number of aliphatic hydroxyl groups excluding tert-OH is 1. The standard InChI is InChI=1S/C25H25NO4S/c1-5-30-25(29)21-22(27)20(14-17-8-12-18(13-9-17)15(2)3)31-24(21)26-23(28)19-10-6-16(4)7-11-19/h6-15,27H,5H2,1-4H3/b20-14+,26-24?. The van der Waals surface area contributed by atoms with Crippen molar-refractivity contribution in [3.63, 3.8) is 0 Å². The Balaban J connectivity index is 1.97. The van der Waals surface area contributed by atoms with Crippen molar-refractivity contribution in [2.24, 2.45) is 4.99 Å². The van der Waals surface area contributed by atoms with Crippen molar-refractivity contribution in [2.75, 3.05) is 6.61 Å². The number of carbonyl (C=O) groups is 2. The van der Waals surface area contributed by atoms with Gasteiger partial charge in [-0.3, -0.25) is 4.79 Å². The van der Waals surface area contributed by atoms with Gasteiger partial charge in [0.15, 0.2) is 0 Å². The quantitative estimate of drug-likeness (QED) is 0.599. The fourth-order valence-corrected chi connectivity index (χ4v) is 3.99. The zero-order chi connectivity index (χ0) is 22.5. The zero-order valence-electron chi connectivity index (χ0n) is 18.0. The van der Waals surface area contributed by atoms with Crippen LogP contribution in [0.3, 0.4) is 0 Å². The van der Waals surface area contributed by atoms with Gasteiger partial charge in [-0.05, 0) is 49.1 Å². The number of aliphatic imine (C=N–C) groups is 1. The average Bonchev–Trinajstić information content (AvgIpc) is 3.03. The number of thioether (sulfide) groups is 1. The number of benzene rings is 2. The smallest absolute Gasteiger partial charge is 0.344 e. The molecule has 0 atom stereocenters. The van der Waals surface area contributed by atoms with Crippen LogP contribution in [-0.2, 0) is 9.53 Å². The number of hydrogen-bond donors (Lipinski definition) is 1. The monoisotopic (exact) mass is 435 g/mol. The molecule has 1 N–H and O–H groups in total. The summed E-state index contributed by atoms with van der Waals surface area (Å²) in [5, 5.41) is 10.9. The van der Waals surface area contributed by atoms with Gasteiger partial charge in [-0.25, -0.2) is 9.79 Å². The van der Waals surface area contributed by atoms with Gasteiger partial charge < -0.3 is 9.84 Å². The van der Waals surface area contributed by atoms with Gasteiger partial charge in [0.2, 0.25) is 0 Å². The molecule has 2 aromatic carbocycles. The van der Waals surface area contributed by atoms with Crippen molar-refractivity contribution in [1.82, 2.24) is 0 Å². The molecule has 6 heteroatoms. The van der Waals surface area contributed by atoms with E-state index in [1.54, 1.807) is 25.1 Å². The van der Waals surface area contributed by atoms with Gasteiger partial charge in [0, 0.05) is 5.56 Å². The molecule has 5 nitrogen and oxygen atoms in total. The highest BCUT2D eigenvalue weighted by molar-refractivity contribution is 8.18. The fraction of sp³-hybridized carbons (Fsp3) is 0.240. The number of amides is 1. The maximum Gasteiger partial charge on any atom is 0.344 e. The van der Waals surface area contributed by atoms with Crippen LogP contribution in [0.1, 0.15) is 53.7 Å². The third kappa shape index (κ3) is 5.33. The second-order valence-corrected chi connectivity index (χ2v) is 8.49. The minimum Gasteiger partial charge on any atom is -0.506 e. The predicted molar refractivity (Wildman–Crippen MR) is 125 cm³/mol. The van der Waals surface area contributed by atoms with Crippen LogP contribution in [0.2, 0.25) is 0 Å². The maximum atomic E-state index is 12.6. The summed E-state index contributed by atoms with van der Waals surface area (Å²) in [7, 11) is 0. The number of hydrogen-bond acceptors (Lipinski definition) is 5. The average molecular weight is 436 g/mol. The number of rotatable bonds is 5. The summed E-state index contributed by atoms with van der Waals surface area (Å²) in [6.07, 6.45) is 1.77. The lowest BCUT2D eigenvalue weighted by Crippen LogP contribution is -2.14. The van der Waals surface area contributed by atoms with Crippen molar-refractivity contribution in [3.8, 4) is 0 Å². The number of aryl methyl sites for hydroxylation is 1. The Morgan fingerprint density at radius 2 is 1.74 bits per heavy atom. The van der Waals surface area contributed by atoms with Gasteiger partial charge in [-0.15, -0.1) is 0 Å². The van der Waals surface area contributed by atoms with Crippen molar-refractivity contribution < 1.29 is 19.4 Å². The Bertz CT molecular complexity index is 1080. The summed E-state index contributed by atoms with van der Waals surface area (Å²) in [6, 6.07) is 15.0. The zero-order valence-corrected chi connectivity index (χ0v) is 18.8. The first-order valence-corrected chi connectivity index (χ1v) is 10.9. The largest absolute Gasteiger partial charge is 0.506 e. The summed E-state index contributed by atoms with van der Waals surface area (Å²) in [5.74, 6) is -1.01. The van der Waals surface area contributed by atoms with E-state index >= 15 is 0 Å². The molecule has 3 rings (SSSR count). The lowest BCUT2D eigenvalue weighted by Gasteiger charge is -2.05. The highest BCUT2D eigenvalue weighted by atomic mass is 32.2. The van der Waals surface area contributed by atoms with Gasteiger partial charge in [-0.2, -0.15) is 0 Å². The van der Waals surface area contributed by atoms with Gasteiger partial charge in [0.1, 0.15) is 16.4 Å². The molecule has 0 spiro atoms. The molecule has 1 aliphatic heterocycles. The van der Waals surface area contributed by atoms with Gasteiger partial charge in [-0.1, -0.05) is 67.6 Å². The van der Waals surface area contributed by atoms with E-state index in [1.165, 1.54) is 5.56 Å². The summed E-state index contributed by atoms with van der Waals surface area (Å²) in [6.45, 7) is 7.99. The molecule has 1 amide bonds. The molecule has 0 radical (unpaired) electrons. The van der Waals surface area contributed by atoms with Crippen LogP contribution in [0.15, 0.2) is 69.8 Å². The van der Waals surface area contributed by atoms with Crippen LogP contribution < -0.4 is 0 Å². The van der Waals surface area contributed by atoms with Crippen molar-refractivity contribution in [2.45, 2.75) is 33.6 Å². The van der Waals surface area contributed by atoms with Crippen LogP contribution in [0.4, 0.5) is 0 Å². The highest BCUT2D eigenvalue weighted by Gasteiger charge is 2.33. The third-order valence-corrected chi connectivity index (χ3v) is 5.79. The van der Waals surface area contributed by atoms with Crippen molar-refractivity contribution in [1.29, 1.82) is 0 Å². The Morgan fingerprint density at radius 3 is 2.32 bits per heavy atom. The van der Waals surface area contributed by atoms with Crippen molar-refractivity contribution >= 4 is 34.8 Å². The van der Waals surface area contributed by atoms with Crippen LogP contribution in [0, 0.1) is 6.92 Å². The summed E-state index contributed by atoms with van der Waals surface area (Å²) in [4.78, 5) is 29.7. The Hall–Kier alpha value is -3.12. The van der Waals surface area contributed by atoms with Crippen LogP contribution >= 0.6 is 11.8 Å². The molecule has 0 bridgehead atoms. The molecule has 1 heterocycles. The number of esters is 1. The highest BCUT2D eigenvalue weighted by Crippen LogP contribution is 2.39. The van der Waals surface area contributed by atoms with E-state index in [2.05, 4.69) is 18.8 Å². The summed E-state index contributed by atoms with van der Waals surface area (Å²) >= 11 is 1.08. The summed E-state index contributed by atoms with van der Waals surface area (Å²) in [5.41, 5.74) is 3.42. The molecule has 0 aromatic heterocycles. The van der Waals surface area contributed by atoms with Crippen LogP contribution in [0.5, 0.6) is 0 Å². The molecule has 160 valence electrons. The third-order valence-electron chi connectivity index (χ3n) is 4.77. The second-order valence-electron chi connectivity index (χ2n) is 7.46. The summed E-state index contributed by atoms with van der Waals surface area (Å²) < 4.78 is 5.08. The van der Waals surface area contributed by atoms with E-state index in [4.69, 9.17) is 4.74 Å². The number of aliphatic hydroxyl groups is 1. The first-order valence-electron chi connectivity index (χ1n) is 10.1. The molecule has 0 saturated heterocycles. The first kappa shape index (κ1) is 22.6. The molecule has 31 heavy (non-hydrogen) atoms. The van der Waals surface area contributed by atoms with Crippen LogP contribution in [-0.4, -0.2) is 28.6 Å². The van der Waals surface area contributed by atoms with E-state index in [9.17, 15) is 14.7 Å². The van der Waals surface area contributed by atoms with E-state index in [0.717, 1.165) is 22.9 Å². The number of carbonyl (C=O) groups excluding carboxylic acids is 2. The molecule has 0 saturated carbocycles. The second kappa shape index (κ2) is 9.79. The molecular formula is C25H25NO4S. The molecule has 1 aliphatic rings. The maximum absolute atomic E-state index is 12.6. The topological polar surface area (TPSA) is 76.0 Å². The number of ether oxygens (including phenoxy) is 1. The minimum absolute atomic E-state index is 0.0858. The predicted octanol–water partition coefficient (Wildman–Crippen LogP) is 5.82. The van der Waals surface area contributed by atoms with E-state index in [1.807, 2.05) is 43.3 Å². The van der Waals surface area contributed by atoms with E-state index in [0.29, 0.717) is 16.4 Å². The molecule has 2 aromatic rings. The lowest BCUT2D eigenvalue weighted by atomic mass is 10.0. The minimum atomic E-state index is -0.707. The van der Waals surface area contributed by atoms with Gasteiger partial charge in [0.05, 0.1) is 11.5 Å². The Labute approximate surface area is 186 Å². The normalized spacial score (nSPS) is 16.4. The van der Waals surface area contributed by atoms with Gasteiger partial charge in [0.25, 0.3) is 5.91 Å². The lowest BCUT2D eigenvalue weighted by molar-refractivity contribution is -0.138. The number of nitrogens with zero attached hydrogens (tertiary/aromatic N) is 1. The van der Waals surface area contributed by atoms with E-state index in [-0.39, 0.29) is 23.0 Å². The SMILES string of the molecule is CCOC(=O)C1=C(O)/C(=C\c2ccc(C(C)C)cc2)SC1=NC(=O)c1ccc(C)cc1. The Morgan fingerprint density at radius 1 is 1.10 bits per heavy atom. The molecular weight excluding hydrogens is 410 g/mol. The molecule has 0 aliphatic carbocycles. The first-order chi connectivity index (χ1) is 14.8. The molecule has 0 unspecified atom stereocenters. The fourth-order valence-electron chi connectivity index (χ4n) is 2.97.